The van der Waals surface area contributed by atoms with Crippen LogP contribution in [-0.2, 0) is 13.0 Å². The zero-order chi connectivity index (χ0) is 13.9. The highest BCUT2D eigenvalue weighted by atomic mass is 15.2. The van der Waals surface area contributed by atoms with Crippen molar-refractivity contribution in [1.29, 1.82) is 0 Å². The topological polar surface area (TPSA) is 47.2 Å². The first-order valence-electron chi connectivity index (χ1n) is 7.82. The van der Waals surface area contributed by atoms with Crippen LogP contribution in [-0.4, -0.2) is 66.1 Å². The molecule has 112 valence electrons. The second-order valence-corrected chi connectivity index (χ2v) is 6.62. The molecule has 2 N–H and O–H groups in total. The molecule has 1 unspecified atom stereocenters. The SMILES string of the molecule is CN(C)CC1CCN(CC2Cc3nc[nH]c3CN2)CC1. The molecule has 3 heterocycles. The zero-order valence-corrected chi connectivity index (χ0v) is 12.7. The minimum atomic E-state index is 0.566. The molecule has 5 nitrogen and oxygen atoms in total. The van der Waals surface area contributed by atoms with Gasteiger partial charge in [-0.15, -0.1) is 0 Å². The highest BCUT2D eigenvalue weighted by molar-refractivity contribution is 5.16. The molecule has 1 fully saturated rings. The second-order valence-electron chi connectivity index (χ2n) is 6.62. The van der Waals surface area contributed by atoms with E-state index in [2.05, 4.69) is 39.2 Å². The third kappa shape index (κ3) is 3.40. The van der Waals surface area contributed by atoms with Gasteiger partial charge in [-0.1, -0.05) is 0 Å². The average molecular weight is 277 g/mol. The largest absolute Gasteiger partial charge is 0.347 e. The number of rotatable bonds is 4. The van der Waals surface area contributed by atoms with Crippen LogP contribution in [0.25, 0.3) is 0 Å². The number of nitrogens with zero attached hydrogens (tertiary/aromatic N) is 3. The van der Waals surface area contributed by atoms with Crippen LogP contribution in [0.1, 0.15) is 24.2 Å². The summed E-state index contributed by atoms with van der Waals surface area (Å²) in [4.78, 5) is 12.6. The smallest absolute Gasteiger partial charge is 0.0925 e. The normalized spacial score (nSPS) is 25.1. The van der Waals surface area contributed by atoms with Crippen LogP contribution >= 0.6 is 0 Å². The Kier molecular flexibility index (Phi) is 4.38. The molecule has 0 radical (unpaired) electrons. The van der Waals surface area contributed by atoms with Gasteiger partial charge in [0.1, 0.15) is 0 Å². The van der Waals surface area contributed by atoms with Gasteiger partial charge in [-0.2, -0.15) is 0 Å². The first-order chi connectivity index (χ1) is 9.70. The van der Waals surface area contributed by atoms with Crippen LogP contribution in [0.15, 0.2) is 6.33 Å². The second kappa shape index (κ2) is 6.24. The maximum absolute atomic E-state index is 4.43. The van der Waals surface area contributed by atoms with E-state index in [0.29, 0.717) is 6.04 Å². The van der Waals surface area contributed by atoms with Crippen molar-refractivity contribution in [2.75, 3.05) is 40.3 Å². The molecule has 0 bridgehead atoms. The fourth-order valence-corrected chi connectivity index (χ4v) is 3.54. The summed E-state index contributed by atoms with van der Waals surface area (Å²) in [5.41, 5.74) is 2.53. The van der Waals surface area contributed by atoms with E-state index in [4.69, 9.17) is 0 Å². The quantitative estimate of drug-likeness (QED) is 0.850. The Labute approximate surface area is 121 Å². The lowest BCUT2D eigenvalue weighted by atomic mass is 9.95. The fourth-order valence-electron chi connectivity index (χ4n) is 3.54. The third-order valence-corrected chi connectivity index (χ3v) is 4.62. The number of likely N-dealkylation sites (tertiary alicyclic amines) is 1. The molecular formula is C15H27N5. The van der Waals surface area contributed by atoms with E-state index in [0.717, 1.165) is 18.9 Å². The molecule has 3 rings (SSSR count). The molecule has 0 aliphatic carbocycles. The fraction of sp³-hybridized carbons (Fsp3) is 0.800. The summed E-state index contributed by atoms with van der Waals surface area (Å²) in [5, 5.41) is 3.63. The molecule has 0 spiro atoms. The maximum Gasteiger partial charge on any atom is 0.0925 e. The first-order valence-corrected chi connectivity index (χ1v) is 7.82. The van der Waals surface area contributed by atoms with Gasteiger partial charge in [0.25, 0.3) is 0 Å². The molecule has 1 aromatic rings. The summed E-state index contributed by atoms with van der Waals surface area (Å²) in [6.07, 6.45) is 5.58. The number of imidazole rings is 1. The van der Waals surface area contributed by atoms with Gasteiger partial charge >= 0.3 is 0 Å². The Hall–Kier alpha value is -0.910. The monoisotopic (exact) mass is 277 g/mol. The molecule has 0 aromatic carbocycles. The molecule has 1 atom stereocenters. The summed E-state index contributed by atoms with van der Waals surface area (Å²) in [6.45, 7) is 5.86. The Morgan fingerprint density at radius 1 is 1.35 bits per heavy atom. The van der Waals surface area contributed by atoms with Crippen LogP contribution in [0, 0.1) is 5.92 Å². The highest BCUT2D eigenvalue weighted by Crippen LogP contribution is 2.19. The van der Waals surface area contributed by atoms with Crippen LogP contribution < -0.4 is 5.32 Å². The number of nitrogens with one attached hydrogen (secondary N) is 2. The lowest BCUT2D eigenvalue weighted by molar-refractivity contribution is 0.148. The van der Waals surface area contributed by atoms with E-state index in [1.807, 2.05) is 6.33 Å². The van der Waals surface area contributed by atoms with Crippen LogP contribution in [0.4, 0.5) is 0 Å². The summed E-state index contributed by atoms with van der Waals surface area (Å²) < 4.78 is 0. The maximum atomic E-state index is 4.43. The minimum absolute atomic E-state index is 0.566. The molecule has 2 aliphatic heterocycles. The van der Waals surface area contributed by atoms with Gasteiger partial charge in [-0.25, -0.2) is 4.98 Å². The van der Waals surface area contributed by atoms with E-state index in [9.17, 15) is 0 Å². The summed E-state index contributed by atoms with van der Waals surface area (Å²) in [6, 6.07) is 0.566. The van der Waals surface area contributed by atoms with Gasteiger partial charge in [-0.05, 0) is 45.9 Å². The van der Waals surface area contributed by atoms with Crippen molar-refractivity contribution in [3.63, 3.8) is 0 Å². The molecular weight excluding hydrogens is 250 g/mol. The van der Waals surface area contributed by atoms with Crippen molar-refractivity contribution in [3.05, 3.63) is 17.7 Å². The summed E-state index contributed by atoms with van der Waals surface area (Å²) >= 11 is 0. The number of hydrogen-bond donors (Lipinski definition) is 2. The standard InChI is InChI=1S/C15H27N5/c1-19(2)9-12-3-5-20(6-4-12)10-13-7-14-15(8-16-13)18-11-17-14/h11-13,16H,3-10H2,1-2H3,(H,17,18). The van der Waals surface area contributed by atoms with Crippen molar-refractivity contribution in [3.8, 4) is 0 Å². The van der Waals surface area contributed by atoms with Gasteiger partial charge < -0.3 is 20.1 Å². The minimum Gasteiger partial charge on any atom is -0.347 e. The number of aromatic nitrogens is 2. The summed E-state index contributed by atoms with van der Waals surface area (Å²) in [5.74, 6) is 0.888. The van der Waals surface area contributed by atoms with Crippen LogP contribution in [0.3, 0.4) is 0 Å². The molecule has 0 amide bonds. The predicted octanol–water partition coefficient (Wildman–Crippen LogP) is 0.698. The van der Waals surface area contributed by atoms with Crippen LogP contribution in [0.5, 0.6) is 0 Å². The number of hydrogen-bond acceptors (Lipinski definition) is 4. The van der Waals surface area contributed by atoms with Gasteiger partial charge in [-0.3, -0.25) is 0 Å². The van der Waals surface area contributed by atoms with Gasteiger partial charge in [0.2, 0.25) is 0 Å². The van der Waals surface area contributed by atoms with Gasteiger partial charge in [0, 0.05) is 32.1 Å². The van der Waals surface area contributed by atoms with Gasteiger partial charge in [0.05, 0.1) is 17.7 Å². The number of aromatic amines is 1. The molecule has 5 heteroatoms. The number of fused-ring (bicyclic) bond motifs is 1. The van der Waals surface area contributed by atoms with Crippen molar-refractivity contribution in [2.24, 2.45) is 5.92 Å². The Morgan fingerprint density at radius 3 is 2.90 bits per heavy atom. The summed E-state index contributed by atoms with van der Waals surface area (Å²) in [7, 11) is 4.36. The molecule has 1 aromatic heterocycles. The lowest BCUT2D eigenvalue weighted by Crippen LogP contribution is -2.47. The first kappa shape index (κ1) is 14.0. The predicted molar refractivity (Wildman–Crippen MR) is 80.6 cm³/mol. The number of H-pyrrole nitrogens is 1. The molecule has 20 heavy (non-hydrogen) atoms. The van der Waals surface area contributed by atoms with E-state index in [1.54, 1.807) is 0 Å². The third-order valence-electron chi connectivity index (χ3n) is 4.62. The molecule has 1 saturated heterocycles. The van der Waals surface area contributed by atoms with E-state index in [1.165, 1.54) is 50.4 Å². The van der Waals surface area contributed by atoms with Crippen LogP contribution in [0.2, 0.25) is 0 Å². The van der Waals surface area contributed by atoms with E-state index >= 15 is 0 Å². The van der Waals surface area contributed by atoms with Crippen molar-refractivity contribution in [1.82, 2.24) is 25.1 Å². The van der Waals surface area contributed by atoms with E-state index < -0.39 is 0 Å². The van der Waals surface area contributed by atoms with Gasteiger partial charge in [0.15, 0.2) is 0 Å². The Morgan fingerprint density at radius 2 is 2.15 bits per heavy atom. The van der Waals surface area contributed by atoms with Crippen molar-refractivity contribution in [2.45, 2.75) is 31.8 Å². The lowest BCUT2D eigenvalue weighted by Gasteiger charge is -2.36. The zero-order valence-electron chi connectivity index (χ0n) is 12.7. The molecule has 0 saturated carbocycles. The highest BCUT2D eigenvalue weighted by Gasteiger charge is 2.25. The van der Waals surface area contributed by atoms with Crippen molar-refractivity contribution >= 4 is 0 Å². The number of piperidine rings is 1. The van der Waals surface area contributed by atoms with Crippen molar-refractivity contribution < 1.29 is 0 Å². The Balaban J connectivity index is 1.44. The van der Waals surface area contributed by atoms with E-state index in [-0.39, 0.29) is 0 Å². The average Bonchev–Trinajstić information content (AvgIpc) is 2.88. The Bertz CT molecular complexity index is 420. The molecule has 2 aliphatic rings.